The molecule has 3 aromatic heterocycles. The summed E-state index contributed by atoms with van der Waals surface area (Å²) in [4.78, 5) is 9.22. The fourth-order valence-electron chi connectivity index (χ4n) is 4.36. The van der Waals surface area contributed by atoms with Crippen molar-refractivity contribution in [1.82, 2.24) is 14.5 Å². The number of ether oxygens (including phenoxy) is 1. The molecule has 0 aliphatic heterocycles. The lowest BCUT2D eigenvalue weighted by Gasteiger charge is -2.10. The van der Waals surface area contributed by atoms with Crippen molar-refractivity contribution in [3.05, 3.63) is 96.2 Å². The molecule has 0 aliphatic carbocycles. The molecule has 6 rings (SSSR count). The molecule has 0 unspecified atom stereocenters. The topological polar surface area (TPSA) is 60.2 Å². The Balaban J connectivity index is 1.50. The lowest BCUT2D eigenvalue weighted by Crippen LogP contribution is -1.97. The predicted molar refractivity (Wildman–Crippen MR) is 132 cm³/mol. The van der Waals surface area contributed by atoms with Gasteiger partial charge in [0.15, 0.2) is 0 Å². The number of hydrogen-bond donors (Lipinski definition) is 1. The summed E-state index contributed by atoms with van der Waals surface area (Å²) in [5.41, 5.74) is 4.80. The number of aryl methyl sites for hydroxylation is 2. The highest BCUT2D eigenvalue weighted by Gasteiger charge is 2.14. The number of hydrogen-bond acceptors (Lipinski definition) is 4. The number of aromatic nitrogens is 3. The third kappa shape index (κ3) is 3.17. The smallest absolute Gasteiger partial charge is 0.219 e. The van der Waals surface area contributed by atoms with Gasteiger partial charge in [-0.3, -0.25) is 4.57 Å². The first-order chi connectivity index (χ1) is 16.1. The normalized spacial score (nSPS) is 11.5. The maximum absolute atomic E-state index is 10.3. The minimum Gasteiger partial charge on any atom is -0.506 e. The van der Waals surface area contributed by atoms with Crippen molar-refractivity contribution in [2.24, 2.45) is 0 Å². The highest BCUT2D eigenvalue weighted by molar-refractivity contribution is 6.09. The van der Waals surface area contributed by atoms with Crippen molar-refractivity contribution in [3.63, 3.8) is 0 Å². The van der Waals surface area contributed by atoms with E-state index in [1.165, 1.54) is 0 Å². The van der Waals surface area contributed by atoms with Gasteiger partial charge in [-0.25, -0.2) is 9.97 Å². The molecule has 160 valence electrons. The quantitative estimate of drug-likeness (QED) is 0.333. The van der Waals surface area contributed by atoms with Crippen molar-refractivity contribution in [1.29, 1.82) is 0 Å². The molecule has 0 saturated heterocycles. The van der Waals surface area contributed by atoms with Gasteiger partial charge < -0.3 is 9.84 Å². The molecule has 0 bridgehead atoms. The van der Waals surface area contributed by atoms with Crippen LogP contribution < -0.4 is 4.74 Å². The van der Waals surface area contributed by atoms with E-state index >= 15 is 0 Å². The molecule has 5 heteroatoms. The first kappa shape index (κ1) is 19.3. The zero-order chi connectivity index (χ0) is 22.5. The fraction of sp³-hybridized carbons (Fsp3) is 0.0714. The molecule has 0 fully saturated rings. The number of aromatic hydroxyl groups is 1. The number of phenolic OH excluding ortho intramolecular Hbond substituents is 1. The van der Waals surface area contributed by atoms with Crippen molar-refractivity contribution in [2.75, 3.05) is 0 Å². The second-order valence-electron chi connectivity index (χ2n) is 8.27. The summed E-state index contributed by atoms with van der Waals surface area (Å²) in [5, 5.41) is 13.5. The molecule has 6 aromatic rings. The average molecular weight is 431 g/mol. The molecule has 0 radical (unpaired) electrons. The third-order valence-electron chi connectivity index (χ3n) is 6.02. The zero-order valence-electron chi connectivity index (χ0n) is 18.3. The maximum Gasteiger partial charge on any atom is 0.219 e. The second-order valence-corrected chi connectivity index (χ2v) is 8.27. The Hall–Kier alpha value is -4.38. The van der Waals surface area contributed by atoms with Crippen molar-refractivity contribution < 1.29 is 9.84 Å². The van der Waals surface area contributed by atoms with Crippen LogP contribution in [-0.4, -0.2) is 19.6 Å². The summed E-state index contributed by atoms with van der Waals surface area (Å²) in [5.74, 6) is 2.09. The molecule has 0 spiro atoms. The first-order valence-corrected chi connectivity index (χ1v) is 10.8. The molecule has 5 nitrogen and oxygen atoms in total. The van der Waals surface area contributed by atoms with E-state index in [2.05, 4.69) is 38.8 Å². The maximum atomic E-state index is 10.3. The zero-order valence-corrected chi connectivity index (χ0v) is 18.3. The third-order valence-corrected chi connectivity index (χ3v) is 6.02. The van der Waals surface area contributed by atoms with Gasteiger partial charge in [0.05, 0.1) is 11.0 Å². The fourth-order valence-corrected chi connectivity index (χ4v) is 4.36. The van der Waals surface area contributed by atoms with Crippen molar-refractivity contribution in [3.8, 4) is 23.2 Å². The van der Waals surface area contributed by atoms with Crippen LogP contribution in [0.4, 0.5) is 0 Å². The number of pyridine rings is 2. The largest absolute Gasteiger partial charge is 0.506 e. The van der Waals surface area contributed by atoms with Crippen LogP contribution in [0, 0.1) is 13.8 Å². The molecule has 3 aromatic carbocycles. The van der Waals surface area contributed by atoms with Gasteiger partial charge in [-0.15, -0.1) is 0 Å². The molecule has 0 amide bonds. The Morgan fingerprint density at radius 3 is 2.45 bits per heavy atom. The lowest BCUT2D eigenvalue weighted by molar-refractivity contribution is 0.460. The Morgan fingerprint density at radius 2 is 1.61 bits per heavy atom. The summed E-state index contributed by atoms with van der Waals surface area (Å²) in [6.45, 7) is 4.03. The Labute approximate surface area is 190 Å². The minimum absolute atomic E-state index is 0.141. The van der Waals surface area contributed by atoms with Crippen molar-refractivity contribution in [2.45, 2.75) is 13.8 Å². The number of fused-ring (bicyclic) bond motifs is 4. The number of nitrogens with zero attached hydrogens (tertiary/aromatic N) is 3. The lowest BCUT2D eigenvalue weighted by atomic mass is 10.1. The molecule has 1 N–H and O–H groups in total. The van der Waals surface area contributed by atoms with E-state index in [-0.39, 0.29) is 5.75 Å². The van der Waals surface area contributed by atoms with E-state index in [0.717, 1.165) is 44.1 Å². The van der Waals surface area contributed by atoms with E-state index in [9.17, 15) is 5.11 Å². The van der Waals surface area contributed by atoms with Gasteiger partial charge in [-0.1, -0.05) is 30.3 Å². The van der Waals surface area contributed by atoms with E-state index in [0.29, 0.717) is 17.1 Å². The predicted octanol–water partition coefficient (Wildman–Crippen LogP) is 6.84. The molecule has 33 heavy (non-hydrogen) atoms. The van der Waals surface area contributed by atoms with E-state index in [4.69, 9.17) is 4.74 Å². The summed E-state index contributed by atoms with van der Waals surface area (Å²) >= 11 is 0. The van der Waals surface area contributed by atoms with Crippen LogP contribution >= 0.6 is 0 Å². The number of benzene rings is 3. The van der Waals surface area contributed by atoms with Gasteiger partial charge >= 0.3 is 0 Å². The minimum atomic E-state index is 0.141. The van der Waals surface area contributed by atoms with Gasteiger partial charge in [-0.05, 0) is 61.4 Å². The van der Waals surface area contributed by atoms with Gasteiger partial charge in [-0.2, -0.15) is 0 Å². The number of phenols is 1. The second kappa shape index (κ2) is 7.35. The highest BCUT2D eigenvalue weighted by Crippen LogP contribution is 2.35. The number of para-hydroxylation sites is 1. The van der Waals surface area contributed by atoms with Crippen LogP contribution in [-0.2, 0) is 0 Å². The van der Waals surface area contributed by atoms with E-state index in [1.807, 2.05) is 68.6 Å². The summed E-state index contributed by atoms with van der Waals surface area (Å²) in [6, 6.07) is 25.7. The Bertz CT molecular complexity index is 1670. The van der Waals surface area contributed by atoms with Crippen molar-refractivity contribution >= 4 is 32.7 Å². The molecule has 0 aliphatic rings. The molecular weight excluding hydrogens is 410 g/mol. The summed E-state index contributed by atoms with van der Waals surface area (Å²) in [7, 11) is 0. The van der Waals surface area contributed by atoms with Crippen LogP contribution in [0.1, 0.15) is 11.1 Å². The monoisotopic (exact) mass is 431 g/mol. The average Bonchev–Trinajstić information content (AvgIpc) is 3.16. The van der Waals surface area contributed by atoms with E-state index < -0.39 is 0 Å². The van der Waals surface area contributed by atoms with E-state index in [1.54, 1.807) is 6.07 Å². The van der Waals surface area contributed by atoms with Gasteiger partial charge in [0.1, 0.15) is 22.8 Å². The molecule has 3 heterocycles. The Morgan fingerprint density at radius 1 is 0.788 bits per heavy atom. The van der Waals surface area contributed by atoms with Crippen LogP contribution in [0.2, 0.25) is 0 Å². The SMILES string of the molecule is Cc1ccc(-n2c3ccccc3c3ccc(Oc4ccc5c(C)ccc(O)c5n4)cc32)nc1. The van der Waals surface area contributed by atoms with Crippen LogP contribution in [0.15, 0.2) is 85.1 Å². The van der Waals surface area contributed by atoms with Crippen LogP contribution in [0.3, 0.4) is 0 Å². The van der Waals surface area contributed by atoms with Crippen LogP contribution in [0.5, 0.6) is 17.4 Å². The summed E-state index contributed by atoms with van der Waals surface area (Å²) in [6.07, 6.45) is 1.88. The summed E-state index contributed by atoms with van der Waals surface area (Å²) < 4.78 is 8.29. The van der Waals surface area contributed by atoms with Gasteiger partial charge in [0.2, 0.25) is 5.88 Å². The van der Waals surface area contributed by atoms with Crippen LogP contribution in [0.25, 0.3) is 38.5 Å². The molecule has 0 atom stereocenters. The first-order valence-electron chi connectivity index (χ1n) is 10.8. The van der Waals surface area contributed by atoms with Gasteiger partial charge in [0.25, 0.3) is 0 Å². The molecular formula is C28H21N3O2. The molecule has 0 saturated carbocycles. The standard InChI is InChI=1S/C28H21N3O2/c1-17-7-13-26(29-16-17)31-23-6-4-3-5-21(23)22-10-9-19(15-24(22)31)33-27-14-11-20-18(2)8-12-25(32)28(20)30-27/h3-16,32H,1-2H3. The van der Waals surface area contributed by atoms with Gasteiger partial charge in [0, 0.05) is 34.5 Å². The number of rotatable bonds is 3. The highest BCUT2D eigenvalue weighted by atomic mass is 16.5. The Kier molecular flexibility index (Phi) is 4.30.